The van der Waals surface area contributed by atoms with Crippen LogP contribution >= 0.6 is 27.7 Å². The van der Waals surface area contributed by atoms with Gasteiger partial charge in [0.05, 0.1) is 11.7 Å². The van der Waals surface area contributed by atoms with E-state index in [9.17, 15) is 0 Å². The van der Waals surface area contributed by atoms with Gasteiger partial charge in [-0.1, -0.05) is 28.1 Å². The zero-order valence-corrected chi connectivity index (χ0v) is 14.4. The fourth-order valence-electron chi connectivity index (χ4n) is 2.59. The first-order chi connectivity index (χ1) is 10.2. The van der Waals surface area contributed by atoms with Gasteiger partial charge in [0.1, 0.15) is 6.61 Å². The fourth-order valence-corrected chi connectivity index (χ4v) is 3.36. The average Bonchev–Trinajstić information content (AvgIpc) is 2.95. The van der Waals surface area contributed by atoms with Gasteiger partial charge < -0.3 is 9.64 Å². The predicted molar refractivity (Wildman–Crippen MR) is 89.0 cm³/mol. The van der Waals surface area contributed by atoms with Crippen LogP contribution in [0.15, 0.2) is 28.7 Å². The third-order valence-corrected chi connectivity index (χ3v) is 4.84. The van der Waals surface area contributed by atoms with Crippen LogP contribution in [-0.2, 0) is 6.61 Å². The van der Waals surface area contributed by atoms with Crippen LogP contribution in [0.25, 0.3) is 0 Å². The first kappa shape index (κ1) is 14.8. The van der Waals surface area contributed by atoms with Gasteiger partial charge in [-0.2, -0.15) is 4.37 Å². The SMILES string of the molecule is CC1CCCCN1c1nsnc1OCc1ccc(Br)cc1. The minimum Gasteiger partial charge on any atom is -0.470 e. The number of nitrogens with zero attached hydrogens (tertiary/aromatic N) is 3. The lowest BCUT2D eigenvalue weighted by Gasteiger charge is -2.33. The van der Waals surface area contributed by atoms with Crippen LogP contribution in [0.5, 0.6) is 5.88 Å². The fraction of sp³-hybridized carbons (Fsp3) is 0.467. The Morgan fingerprint density at radius 2 is 2.10 bits per heavy atom. The number of benzene rings is 1. The van der Waals surface area contributed by atoms with Gasteiger partial charge >= 0.3 is 0 Å². The summed E-state index contributed by atoms with van der Waals surface area (Å²) >= 11 is 4.66. The molecule has 21 heavy (non-hydrogen) atoms. The van der Waals surface area contributed by atoms with Crippen molar-refractivity contribution in [3.05, 3.63) is 34.3 Å². The molecule has 1 unspecified atom stereocenters. The zero-order chi connectivity index (χ0) is 14.7. The monoisotopic (exact) mass is 367 g/mol. The van der Waals surface area contributed by atoms with Gasteiger partial charge in [-0.15, -0.1) is 4.37 Å². The highest BCUT2D eigenvalue weighted by atomic mass is 79.9. The summed E-state index contributed by atoms with van der Waals surface area (Å²) in [5, 5.41) is 0. The Morgan fingerprint density at radius 3 is 2.86 bits per heavy atom. The highest BCUT2D eigenvalue weighted by Crippen LogP contribution is 2.31. The summed E-state index contributed by atoms with van der Waals surface area (Å²) in [6.45, 7) is 3.81. The second-order valence-electron chi connectivity index (χ2n) is 5.35. The van der Waals surface area contributed by atoms with E-state index < -0.39 is 0 Å². The molecule has 0 amide bonds. The summed E-state index contributed by atoms with van der Waals surface area (Å²) in [7, 11) is 0. The lowest BCUT2D eigenvalue weighted by atomic mass is 10.0. The van der Waals surface area contributed by atoms with E-state index in [0.29, 0.717) is 18.5 Å². The van der Waals surface area contributed by atoms with Gasteiger partial charge in [0, 0.05) is 17.1 Å². The molecule has 4 nitrogen and oxygen atoms in total. The number of piperidine rings is 1. The van der Waals surface area contributed by atoms with E-state index in [4.69, 9.17) is 4.74 Å². The summed E-state index contributed by atoms with van der Waals surface area (Å²) in [6, 6.07) is 8.65. The van der Waals surface area contributed by atoms with Gasteiger partial charge in [-0.3, -0.25) is 0 Å². The molecule has 3 rings (SSSR count). The third kappa shape index (κ3) is 3.55. The summed E-state index contributed by atoms with van der Waals surface area (Å²) in [5.41, 5.74) is 1.13. The van der Waals surface area contributed by atoms with Crippen molar-refractivity contribution in [1.29, 1.82) is 0 Å². The van der Waals surface area contributed by atoms with Crippen LogP contribution < -0.4 is 9.64 Å². The van der Waals surface area contributed by atoms with E-state index in [1.165, 1.54) is 31.0 Å². The minimum absolute atomic E-state index is 0.512. The number of hydrogen-bond donors (Lipinski definition) is 0. The molecule has 1 saturated heterocycles. The van der Waals surface area contributed by atoms with E-state index in [0.717, 1.165) is 22.4 Å². The second-order valence-corrected chi connectivity index (χ2v) is 6.79. The molecule has 1 aromatic heterocycles. The van der Waals surface area contributed by atoms with Crippen molar-refractivity contribution in [3.63, 3.8) is 0 Å². The van der Waals surface area contributed by atoms with E-state index >= 15 is 0 Å². The molecule has 112 valence electrons. The summed E-state index contributed by atoms with van der Waals surface area (Å²) in [4.78, 5) is 2.32. The van der Waals surface area contributed by atoms with E-state index in [2.05, 4.69) is 36.5 Å². The molecule has 1 aliphatic heterocycles. The Balaban J connectivity index is 1.69. The maximum Gasteiger partial charge on any atom is 0.271 e. The maximum absolute atomic E-state index is 5.88. The van der Waals surface area contributed by atoms with Gasteiger partial charge in [0.15, 0.2) is 0 Å². The molecule has 0 spiro atoms. The first-order valence-corrected chi connectivity index (χ1v) is 8.73. The van der Waals surface area contributed by atoms with Crippen LogP contribution in [0, 0.1) is 0 Å². The maximum atomic E-state index is 5.88. The van der Waals surface area contributed by atoms with Crippen molar-refractivity contribution in [2.75, 3.05) is 11.4 Å². The van der Waals surface area contributed by atoms with Crippen molar-refractivity contribution in [3.8, 4) is 5.88 Å². The van der Waals surface area contributed by atoms with Crippen LogP contribution in [0.1, 0.15) is 31.7 Å². The zero-order valence-electron chi connectivity index (χ0n) is 12.0. The average molecular weight is 368 g/mol. The van der Waals surface area contributed by atoms with Crippen molar-refractivity contribution in [1.82, 2.24) is 8.75 Å². The highest BCUT2D eigenvalue weighted by molar-refractivity contribution is 9.10. The van der Waals surface area contributed by atoms with Gasteiger partial charge in [-0.25, -0.2) is 0 Å². The molecular formula is C15H18BrN3OS. The Bertz CT molecular complexity index is 587. The third-order valence-electron chi connectivity index (χ3n) is 3.81. The quantitative estimate of drug-likeness (QED) is 0.808. The Morgan fingerprint density at radius 1 is 1.29 bits per heavy atom. The molecule has 0 bridgehead atoms. The number of aromatic nitrogens is 2. The normalized spacial score (nSPS) is 18.8. The summed E-state index contributed by atoms with van der Waals surface area (Å²) in [6.07, 6.45) is 3.72. The second kappa shape index (κ2) is 6.75. The largest absolute Gasteiger partial charge is 0.470 e. The number of rotatable bonds is 4. The predicted octanol–water partition coefficient (Wildman–Crippen LogP) is 4.26. The molecule has 0 aliphatic carbocycles. The first-order valence-electron chi connectivity index (χ1n) is 7.20. The molecule has 2 aromatic rings. The van der Waals surface area contributed by atoms with Crippen LogP contribution in [0.2, 0.25) is 0 Å². The van der Waals surface area contributed by atoms with Crippen LogP contribution in [0.3, 0.4) is 0 Å². The van der Waals surface area contributed by atoms with Crippen molar-refractivity contribution < 1.29 is 4.74 Å². The Kier molecular flexibility index (Phi) is 4.75. The highest BCUT2D eigenvalue weighted by Gasteiger charge is 2.24. The Hall–Kier alpha value is -1.14. The van der Waals surface area contributed by atoms with E-state index in [-0.39, 0.29) is 0 Å². The number of anilines is 1. The van der Waals surface area contributed by atoms with E-state index in [1.54, 1.807) is 0 Å². The van der Waals surface area contributed by atoms with Gasteiger partial charge in [0.25, 0.3) is 5.88 Å². The topological polar surface area (TPSA) is 38.2 Å². The minimum atomic E-state index is 0.512. The summed E-state index contributed by atoms with van der Waals surface area (Å²) in [5.74, 6) is 1.57. The molecule has 0 saturated carbocycles. The molecule has 0 N–H and O–H groups in total. The lowest BCUT2D eigenvalue weighted by Crippen LogP contribution is -2.37. The van der Waals surface area contributed by atoms with Crippen molar-refractivity contribution in [2.45, 2.75) is 38.8 Å². The summed E-state index contributed by atoms with van der Waals surface area (Å²) < 4.78 is 15.7. The molecule has 6 heteroatoms. The van der Waals surface area contributed by atoms with Crippen LogP contribution in [0.4, 0.5) is 5.82 Å². The molecular weight excluding hydrogens is 350 g/mol. The smallest absolute Gasteiger partial charge is 0.271 e. The van der Waals surface area contributed by atoms with Crippen molar-refractivity contribution in [2.24, 2.45) is 0 Å². The molecule has 0 radical (unpaired) electrons. The number of hydrogen-bond acceptors (Lipinski definition) is 5. The number of ether oxygens (including phenoxy) is 1. The molecule has 1 fully saturated rings. The van der Waals surface area contributed by atoms with Gasteiger partial charge in [0.2, 0.25) is 5.82 Å². The molecule has 1 aliphatic rings. The lowest BCUT2D eigenvalue weighted by molar-refractivity contribution is 0.295. The molecule has 1 atom stereocenters. The van der Waals surface area contributed by atoms with Gasteiger partial charge in [-0.05, 0) is 43.9 Å². The number of halogens is 1. The van der Waals surface area contributed by atoms with Crippen molar-refractivity contribution >= 4 is 33.5 Å². The van der Waals surface area contributed by atoms with Crippen LogP contribution in [-0.4, -0.2) is 21.3 Å². The Labute approximate surface area is 137 Å². The van der Waals surface area contributed by atoms with E-state index in [1.807, 2.05) is 24.3 Å². The molecule has 1 aromatic carbocycles. The standard InChI is InChI=1S/C15H18BrN3OS/c1-11-4-2-3-9-19(11)14-15(18-21-17-14)20-10-12-5-7-13(16)8-6-12/h5-8,11H,2-4,9-10H2,1H3. The molecule has 2 heterocycles.